The highest BCUT2D eigenvalue weighted by Crippen LogP contribution is 2.26. The van der Waals surface area contributed by atoms with Crippen molar-refractivity contribution in [2.45, 2.75) is 38.6 Å². The summed E-state index contributed by atoms with van der Waals surface area (Å²) in [5.74, 6) is 1.39. The summed E-state index contributed by atoms with van der Waals surface area (Å²) in [6, 6.07) is 1.91. The van der Waals surface area contributed by atoms with Gasteiger partial charge in [-0.15, -0.1) is 0 Å². The topological polar surface area (TPSA) is 77.6 Å². The Labute approximate surface area is 112 Å². The highest BCUT2D eigenvalue weighted by atomic mass is 15.0. The minimum absolute atomic E-state index is 0.0682. The van der Waals surface area contributed by atoms with Gasteiger partial charge in [0.2, 0.25) is 0 Å². The van der Waals surface area contributed by atoms with Gasteiger partial charge in [0, 0.05) is 29.7 Å². The summed E-state index contributed by atoms with van der Waals surface area (Å²) >= 11 is 0. The number of hydrogen-bond acceptors (Lipinski definition) is 5. The van der Waals surface area contributed by atoms with Crippen molar-refractivity contribution in [2.75, 3.05) is 0 Å². The van der Waals surface area contributed by atoms with Gasteiger partial charge in [0.1, 0.15) is 11.5 Å². The largest absolute Gasteiger partial charge is 0.324 e. The zero-order chi connectivity index (χ0) is 13.2. The smallest absolute Gasteiger partial charge is 0.178 e. The molecule has 0 amide bonds. The van der Waals surface area contributed by atoms with E-state index in [0.29, 0.717) is 5.82 Å². The fraction of sp³-hybridized carbons (Fsp3) is 0.429. The maximum absolute atomic E-state index is 6.15. The summed E-state index contributed by atoms with van der Waals surface area (Å²) in [6.07, 6.45) is 7.88. The first-order chi connectivity index (χ1) is 9.24. The number of rotatable bonds is 1. The third kappa shape index (κ3) is 2.46. The van der Waals surface area contributed by atoms with E-state index in [1.165, 1.54) is 0 Å². The summed E-state index contributed by atoms with van der Waals surface area (Å²) in [5.41, 5.74) is 9.09. The minimum Gasteiger partial charge on any atom is -0.324 e. The SMILES string of the molecule is Cc1nccc(-c2ncc3c(n2)CCCCC3N)n1. The Kier molecular flexibility index (Phi) is 3.21. The summed E-state index contributed by atoms with van der Waals surface area (Å²) in [7, 11) is 0. The molecule has 0 fully saturated rings. The Morgan fingerprint density at radius 3 is 2.95 bits per heavy atom. The van der Waals surface area contributed by atoms with Crippen LogP contribution in [0.15, 0.2) is 18.5 Å². The van der Waals surface area contributed by atoms with Gasteiger partial charge in [-0.2, -0.15) is 0 Å². The molecule has 0 aliphatic heterocycles. The van der Waals surface area contributed by atoms with Crippen LogP contribution in [0.5, 0.6) is 0 Å². The molecule has 1 aliphatic carbocycles. The van der Waals surface area contributed by atoms with Gasteiger partial charge >= 0.3 is 0 Å². The second kappa shape index (κ2) is 5.01. The Balaban J connectivity index is 2.03. The highest BCUT2D eigenvalue weighted by Gasteiger charge is 2.18. The predicted molar refractivity (Wildman–Crippen MR) is 72.3 cm³/mol. The van der Waals surface area contributed by atoms with Gasteiger partial charge < -0.3 is 5.73 Å². The molecule has 0 spiro atoms. The molecule has 2 N–H and O–H groups in total. The van der Waals surface area contributed by atoms with E-state index in [0.717, 1.165) is 48.5 Å². The van der Waals surface area contributed by atoms with Crippen molar-refractivity contribution in [1.82, 2.24) is 19.9 Å². The summed E-state index contributed by atoms with van der Waals surface area (Å²) < 4.78 is 0. The Hall–Kier alpha value is -1.88. The lowest BCUT2D eigenvalue weighted by atomic mass is 10.1. The molecule has 2 heterocycles. The maximum Gasteiger partial charge on any atom is 0.178 e. The lowest BCUT2D eigenvalue weighted by Crippen LogP contribution is -2.12. The van der Waals surface area contributed by atoms with Crippen molar-refractivity contribution in [2.24, 2.45) is 5.73 Å². The molecule has 1 unspecified atom stereocenters. The second-order valence-electron chi connectivity index (χ2n) is 4.94. The van der Waals surface area contributed by atoms with Crippen LogP contribution in [0.1, 0.15) is 42.4 Å². The van der Waals surface area contributed by atoms with Crippen LogP contribution in [-0.4, -0.2) is 19.9 Å². The monoisotopic (exact) mass is 255 g/mol. The van der Waals surface area contributed by atoms with Crippen LogP contribution in [0.3, 0.4) is 0 Å². The van der Waals surface area contributed by atoms with E-state index in [2.05, 4.69) is 19.9 Å². The lowest BCUT2D eigenvalue weighted by Gasteiger charge is -2.12. The highest BCUT2D eigenvalue weighted by molar-refractivity contribution is 5.49. The van der Waals surface area contributed by atoms with E-state index in [1.54, 1.807) is 6.20 Å². The third-order valence-electron chi connectivity index (χ3n) is 3.48. The van der Waals surface area contributed by atoms with Crippen molar-refractivity contribution < 1.29 is 0 Å². The molecule has 1 aliphatic rings. The van der Waals surface area contributed by atoms with E-state index < -0.39 is 0 Å². The number of aryl methyl sites for hydroxylation is 2. The summed E-state index contributed by atoms with van der Waals surface area (Å²) in [5, 5.41) is 0. The standard InChI is InChI=1S/C14H17N5/c1-9-16-7-6-13(18-9)14-17-8-10-11(15)4-2-3-5-12(10)19-14/h6-8,11H,2-5,15H2,1H3. The molecule has 0 saturated carbocycles. The van der Waals surface area contributed by atoms with Crippen LogP contribution < -0.4 is 5.73 Å². The van der Waals surface area contributed by atoms with Gasteiger partial charge in [-0.05, 0) is 32.3 Å². The predicted octanol–water partition coefficient (Wildman–Crippen LogP) is 1.97. The fourth-order valence-electron chi connectivity index (χ4n) is 2.45. The number of nitrogens with two attached hydrogens (primary N) is 1. The number of aromatic nitrogens is 4. The Morgan fingerprint density at radius 2 is 2.11 bits per heavy atom. The van der Waals surface area contributed by atoms with Crippen LogP contribution in [0, 0.1) is 6.92 Å². The first-order valence-corrected chi connectivity index (χ1v) is 6.65. The van der Waals surface area contributed by atoms with Gasteiger partial charge in [0.15, 0.2) is 5.82 Å². The molecule has 98 valence electrons. The molecule has 5 heteroatoms. The molecular formula is C14H17N5. The summed E-state index contributed by atoms with van der Waals surface area (Å²) in [4.78, 5) is 17.5. The van der Waals surface area contributed by atoms with Crippen LogP contribution >= 0.6 is 0 Å². The van der Waals surface area contributed by atoms with E-state index in [4.69, 9.17) is 5.73 Å². The molecule has 0 radical (unpaired) electrons. The molecule has 2 aromatic rings. The van der Waals surface area contributed by atoms with Crippen molar-refractivity contribution in [3.63, 3.8) is 0 Å². The van der Waals surface area contributed by atoms with E-state index in [1.807, 2.05) is 19.2 Å². The number of fused-ring (bicyclic) bond motifs is 1. The molecule has 0 bridgehead atoms. The van der Waals surface area contributed by atoms with Crippen molar-refractivity contribution in [3.8, 4) is 11.5 Å². The molecule has 1 atom stereocenters. The third-order valence-corrected chi connectivity index (χ3v) is 3.48. The van der Waals surface area contributed by atoms with E-state index in [9.17, 15) is 0 Å². The molecule has 0 saturated heterocycles. The molecule has 0 aromatic carbocycles. The van der Waals surface area contributed by atoms with Crippen LogP contribution in [0.4, 0.5) is 0 Å². The van der Waals surface area contributed by atoms with Crippen LogP contribution in [0.2, 0.25) is 0 Å². The zero-order valence-corrected chi connectivity index (χ0v) is 11.0. The zero-order valence-electron chi connectivity index (χ0n) is 11.0. The van der Waals surface area contributed by atoms with Gasteiger partial charge in [-0.1, -0.05) is 6.42 Å². The average Bonchev–Trinajstić information content (AvgIpc) is 2.60. The number of hydrogen-bond donors (Lipinski definition) is 1. The minimum atomic E-state index is 0.0682. The molecule has 19 heavy (non-hydrogen) atoms. The van der Waals surface area contributed by atoms with E-state index >= 15 is 0 Å². The van der Waals surface area contributed by atoms with Gasteiger partial charge in [-0.25, -0.2) is 19.9 Å². The normalized spacial score (nSPS) is 18.7. The van der Waals surface area contributed by atoms with Crippen molar-refractivity contribution in [1.29, 1.82) is 0 Å². The quantitative estimate of drug-likeness (QED) is 0.788. The van der Waals surface area contributed by atoms with Gasteiger partial charge in [0.05, 0.1) is 0 Å². The van der Waals surface area contributed by atoms with E-state index in [-0.39, 0.29) is 6.04 Å². The van der Waals surface area contributed by atoms with Crippen molar-refractivity contribution in [3.05, 3.63) is 35.5 Å². The number of nitrogens with zero attached hydrogens (tertiary/aromatic N) is 4. The van der Waals surface area contributed by atoms with Crippen LogP contribution in [0.25, 0.3) is 11.5 Å². The Bertz CT molecular complexity index is 596. The average molecular weight is 255 g/mol. The van der Waals surface area contributed by atoms with Crippen LogP contribution in [-0.2, 0) is 6.42 Å². The molecule has 2 aromatic heterocycles. The maximum atomic E-state index is 6.15. The summed E-state index contributed by atoms with van der Waals surface area (Å²) in [6.45, 7) is 1.86. The molecule has 5 nitrogen and oxygen atoms in total. The Morgan fingerprint density at radius 1 is 1.21 bits per heavy atom. The second-order valence-corrected chi connectivity index (χ2v) is 4.94. The first-order valence-electron chi connectivity index (χ1n) is 6.65. The van der Waals surface area contributed by atoms with Crippen molar-refractivity contribution >= 4 is 0 Å². The molecular weight excluding hydrogens is 238 g/mol. The van der Waals surface area contributed by atoms with Gasteiger partial charge in [0.25, 0.3) is 0 Å². The fourth-order valence-corrected chi connectivity index (χ4v) is 2.45. The van der Waals surface area contributed by atoms with Gasteiger partial charge in [-0.3, -0.25) is 0 Å². The molecule has 3 rings (SSSR count). The first kappa shape index (κ1) is 12.2. The lowest BCUT2D eigenvalue weighted by molar-refractivity contribution is 0.614.